The first-order valence-corrected chi connectivity index (χ1v) is 8.80. The third-order valence-electron chi connectivity index (χ3n) is 2.97. The Balaban J connectivity index is 2.09. The van der Waals surface area contributed by atoms with Crippen molar-refractivity contribution >= 4 is 27.3 Å². The van der Waals surface area contributed by atoms with E-state index < -0.39 is 21.7 Å². The number of thiophene rings is 1. The van der Waals surface area contributed by atoms with E-state index in [-0.39, 0.29) is 4.90 Å². The number of halogens is 1. The first-order chi connectivity index (χ1) is 10.3. The lowest BCUT2D eigenvalue weighted by molar-refractivity contribution is 0.0949. The van der Waals surface area contributed by atoms with Crippen molar-refractivity contribution in [2.24, 2.45) is 0 Å². The molecule has 22 heavy (non-hydrogen) atoms. The number of rotatable bonds is 5. The number of sulfonamides is 1. The summed E-state index contributed by atoms with van der Waals surface area (Å²) in [7, 11) is -4.01. The molecule has 1 aromatic heterocycles. The van der Waals surface area contributed by atoms with Crippen molar-refractivity contribution in [3.05, 3.63) is 51.5 Å². The molecular weight excluding hydrogens is 327 g/mol. The number of hydrazine groups is 1. The molecule has 0 unspecified atom stereocenters. The van der Waals surface area contributed by atoms with Crippen LogP contribution in [-0.2, 0) is 16.4 Å². The van der Waals surface area contributed by atoms with Gasteiger partial charge in [-0.05, 0) is 43.2 Å². The normalized spacial score (nSPS) is 11.4. The Kier molecular flexibility index (Phi) is 4.94. The molecule has 0 spiro atoms. The second-order valence-electron chi connectivity index (χ2n) is 4.59. The molecule has 0 saturated carbocycles. The maximum absolute atomic E-state index is 13.1. The highest BCUT2D eigenvalue weighted by atomic mass is 32.2. The number of carbonyl (C=O) groups is 1. The number of nitrogens with one attached hydrogen (secondary N) is 2. The Hall–Kier alpha value is -1.77. The topological polar surface area (TPSA) is 75.3 Å². The van der Waals surface area contributed by atoms with Gasteiger partial charge in [0, 0.05) is 4.88 Å². The molecule has 118 valence electrons. The molecule has 0 atom stereocenters. The van der Waals surface area contributed by atoms with Gasteiger partial charge in [0.05, 0.1) is 9.77 Å². The highest BCUT2D eigenvalue weighted by molar-refractivity contribution is 7.89. The summed E-state index contributed by atoms with van der Waals surface area (Å²) in [5, 5.41) is 0. The lowest BCUT2D eigenvalue weighted by Gasteiger charge is -2.07. The molecule has 2 rings (SSSR count). The molecule has 1 aromatic carbocycles. The number of benzene rings is 1. The van der Waals surface area contributed by atoms with Gasteiger partial charge in [0.1, 0.15) is 5.82 Å². The lowest BCUT2D eigenvalue weighted by Crippen LogP contribution is -2.41. The van der Waals surface area contributed by atoms with Crippen molar-refractivity contribution in [1.29, 1.82) is 0 Å². The van der Waals surface area contributed by atoms with Crippen LogP contribution in [0.2, 0.25) is 0 Å². The number of amides is 1. The highest BCUT2D eigenvalue weighted by Gasteiger charge is 2.17. The summed E-state index contributed by atoms with van der Waals surface area (Å²) in [6, 6.07) is 6.23. The van der Waals surface area contributed by atoms with E-state index in [1.807, 2.05) is 18.7 Å². The quantitative estimate of drug-likeness (QED) is 0.819. The zero-order valence-electron chi connectivity index (χ0n) is 12.0. The van der Waals surface area contributed by atoms with E-state index in [1.54, 1.807) is 6.07 Å². The highest BCUT2D eigenvalue weighted by Crippen LogP contribution is 2.22. The van der Waals surface area contributed by atoms with E-state index in [2.05, 4.69) is 5.43 Å². The minimum absolute atomic E-state index is 0.260. The fourth-order valence-corrected chi connectivity index (χ4v) is 3.73. The van der Waals surface area contributed by atoms with Crippen LogP contribution < -0.4 is 10.3 Å². The van der Waals surface area contributed by atoms with Gasteiger partial charge >= 0.3 is 0 Å². The second-order valence-corrected chi connectivity index (χ2v) is 7.41. The molecule has 2 aromatic rings. The van der Waals surface area contributed by atoms with E-state index in [9.17, 15) is 17.6 Å². The molecule has 8 heteroatoms. The number of carbonyl (C=O) groups excluding carboxylic acids is 1. The Bertz CT molecular complexity index is 800. The molecule has 0 bridgehead atoms. The molecule has 0 aliphatic heterocycles. The average molecular weight is 342 g/mol. The van der Waals surface area contributed by atoms with Gasteiger partial charge in [-0.2, -0.15) is 0 Å². The van der Waals surface area contributed by atoms with Crippen LogP contribution >= 0.6 is 11.3 Å². The van der Waals surface area contributed by atoms with Crippen LogP contribution in [0.4, 0.5) is 4.39 Å². The Morgan fingerprint density at radius 1 is 1.32 bits per heavy atom. The predicted octanol–water partition coefficient (Wildman–Crippen LogP) is 2.38. The number of aryl methyl sites for hydroxylation is 2. The summed E-state index contributed by atoms with van der Waals surface area (Å²) in [6.07, 6.45) is 0.804. The predicted molar refractivity (Wildman–Crippen MR) is 82.6 cm³/mol. The molecule has 5 nitrogen and oxygen atoms in total. The van der Waals surface area contributed by atoms with E-state index in [0.29, 0.717) is 4.88 Å². The largest absolute Gasteiger partial charge is 0.276 e. The van der Waals surface area contributed by atoms with Crippen LogP contribution in [0.3, 0.4) is 0 Å². The molecule has 1 heterocycles. The monoisotopic (exact) mass is 342 g/mol. The maximum Gasteiger partial charge on any atom is 0.276 e. The van der Waals surface area contributed by atoms with Gasteiger partial charge in [0.25, 0.3) is 15.9 Å². The third kappa shape index (κ3) is 3.70. The Labute approximate surface area is 132 Å². The second kappa shape index (κ2) is 6.55. The maximum atomic E-state index is 13.1. The van der Waals surface area contributed by atoms with E-state index in [4.69, 9.17) is 0 Å². The zero-order valence-corrected chi connectivity index (χ0v) is 13.6. The minimum atomic E-state index is -4.01. The first kappa shape index (κ1) is 16.6. The van der Waals surface area contributed by atoms with Crippen LogP contribution in [0.1, 0.15) is 27.0 Å². The smallest absolute Gasteiger partial charge is 0.273 e. The summed E-state index contributed by atoms with van der Waals surface area (Å²) in [6.45, 7) is 3.87. The van der Waals surface area contributed by atoms with Crippen molar-refractivity contribution in [3.63, 3.8) is 0 Å². The van der Waals surface area contributed by atoms with E-state index in [0.717, 1.165) is 29.0 Å². The fourth-order valence-electron chi connectivity index (χ4n) is 1.85. The standard InChI is InChI=1S/C14H15FN2O3S2/c1-3-12-9(2)7-13(21-12)14(18)16-17-22(19,20)11-6-4-5-10(15)8-11/h4-8,17H,3H2,1-2H3,(H,16,18). The summed E-state index contributed by atoms with van der Waals surface area (Å²) in [5.74, 6) is -1.22. The van der Waals surface area contributed by atoms with Crippen molar-refractivity contribution in [2.75, 3.05) is 0 Å². The van der Waals surface area contributed by atoms with Crippen LogP contribution in [0, 0.1) is 12.7 Å². The van der Waals surface area contributed by atoms with Crippen molar-refractivity contribution < 1.29 is 17.6 Å². The SMILES string of the molecule is CCc1sc(C(=O)NNS(=O)(=O)c2cccc(F)c2)cc1C. The average Bonchev–Trinajstić information content (AvgIpc) is 2.86. The van der Waals surface area contributed by atoms with Gasteiger partial charge < -0.3 is 0 Å². The van der Waals surface area contributed by atoms with E-state index in [1.165, 1.54) is 23.5 Å². The molecule has 0 radical (unpaired) electrons. The zero-order chi connectivity index (χ0) is 16.3. The van der Waals surface area contributed by atoms with Crippen LogP contribution in [-0.4, -0.2) is 14.3 Å². The fraction of sp³-hybridized carbons (Fsp3) is 0.214. The Morgan fingerprint density at radius 3 is 2.64 bits per heavy atom. The molecule has 1 amide bonds. The van der Waals surface area contributed by atoms with Crippen molar-refractivity contribution in [2.45, 2.75) is 25.2 Å². The van der Waals surface area contributed by atoms with E-state index >= 15 is 0 Å². The molecule has 2 N–H and O–H groups in total. The lowest BCUT2D eigenvalue weighted by atomic mass is 10.2. The Morgan fingerprint density at radius 2 is 2.05 bits per heavy atom. The molecule has 0 fully saturated rings. The van der Waals surface area contributed by atoms with Crippen LogP contribution in [0.5, 0.6) is 0 Å². The first-order valence-electron chi connectivity index (χ1n) is 6.50. The van der Waals surface area contributed by atoms with Crippen LogP contribution in [0.25, 0.3) is 0 Å². The van der Waals surface area contributed by atoms with Crippen molar-refractivity contribution in [3.8, 4) is 0 Å². The summed E-state index contributed by atoms with van der Waals surface area (Å²) in [5.41, 5.74) is 3.12. The number of hydrogen-bond donors (Lipinski definition) is 2. The number of hydrogen-bond acceptors (Lipinski definition) is 4. The van der Waals surface area contributed by atoms with Gasteiger partial charge in [-0.3, -0.25) is 10.2 Å². The molecule has 0 saturated heterocycles. The van der Waals surface area contributed by atoms with Crippen molar-refractivity contribution in [1.82, 2.24) is 10.3 Å². The molecular formula is C14H15FN2O3S2. The molecule has 0 aliphatic carbocycles. The molecule has 0 aliphatic rings. The van der Waals surface area contributed by atoms with Gasteiger partial charge in [-0.25, -0.2) is 12.8 Å². The van der Waals surface area contributed by atoms with Crippen LogP contribution in [0.15, 0.2) is 35.2 Å². The van der Waals surface area contributed by atoms with Gasteiger partial charge in [0.2, 0.25) is 0 Å². The van der Waals surface area contributed by atoms with Gasteiger partial charge in [0.15, 0.2) is 0 Å². The summed E-state index contributed by atoms with van der Waals surface area (Å²) in [4.78, 5) is 15.2. The minimum Gasteiger partial charge on any atom is -0.273 e. The summed E-state index contributed by atoms with van der Waals surface area (Å²) >= 11 is 1.31. The summed E-state index contributed by atoms with van der Waals surface area (Å²) < 4.78 is 37.0. The van der Waals surface area contributed by atoms with Gasteiger partial charge in [-0.1, -0.05) is 13.0 Å². The third-order valence-corrected chi connectivity index (χ3v) is 5.60. The van der Waals surface area contributed by atoms with Gasteiger partial charge in [-0.15, -0.1) is 16.2 Å².